The van der Waals surface area contributed by atoms with Gasteiger partial charge in [0.15, 0.2) is 5.13 Å². The van der Waals surface area contributed by atoms with Crippen LogP contribution >= 0.6 is 11.3 Å². The van der Waals surface area contributed by atoms with Gasteiger partial charge in [-0.15, -0.1) is 11.3 Å². The number of hydrogen-bond acceptors (Lipinski definition) is 5. The van der Waals surface area contributed by atoms with Gasteiger partial charge in [0, 0.05) is 24.5 Å². The van der Waals surface area contributed by atoms with Crippen molar-refractivity contribution in [1.29, 1.82) is 0 Å². The topological polar surface area (TPSA) is 37.4 Å². The second-order valence-electron chi connectivity index (χ2n) is 7.96. The van der Waals surface area contributed by atoms with Crippen molar-refractivity contribution in [1.82, 2.24) is 4.98 Å². The predicted molar refractivity (Wildman–Crippen MR) is 114 cm³/mol. The highest BCUT2D eigenvalue weighted by Crippen LogP contribution is 2.34. The van der Waals surface area contributed by atoms with E-state index in [1.807, 2.05) is 6.92 Å². The minimum Gasteiger partial charge on any atom is -0.491 e. The Morgan fingerprint density at radius 3 is 2.23 bits per heavy atom. The number of aromatic nitrogens is 1. The van der Waals surface area contributed by atoms with Gasteiger partial charge < -0.3 is 15.0 Å². The molecule has 26 heavy (non-hydrogen) atoms. The molecular weight excluding hydrogens is 342 g/mol. The number of nitrogens with one attached hydrogen (secondary N) is 1. The first-order valence-electron chi connectivity index (χ1n) is 9.49. The molecule has 144 valence electrons. The lowest BCUT2D eigenvalue weighted by atomic mass is 10.1. The molecule has 1 heterocycles. The van der Waals surface area contributed by atoms with Crippen LogP contribution in [0, 0.1) is 18.8 Å². The summed E-state index contributed by atoms with van der Waals surface area (Å²) in [5.41, 5.74) is 3.30. The van der Waals surface area contributed by atoms with Crippen molar-refractivity contribution >= 4 is 27.8 Å². The monoisotopic (exact) mass is 375 g/mol. The van der Waals surface area contributed by atoms with Gasteiger partial charge in [0.25, 0.3) is 0 Å². The molecule has 0 amide bonds. The van der Waals surface area contributed by atoms with Crippen LogP contribution in [-0.4, -0.2) is 24.2 Å². The molecule has 2 aromatic rings. The Hall–Kier alpha value is -1.75. The van der Waals surface area contributed by atoms with E-state index in [9.17, 15) is 0 Å². The summed E-state index contributed by atoms with van der Waals surface area (Å²) in [6.45, 7) is 17.2. The molecule has 0 unspecified atom stereocenters. The van der Waals surface area contributed by atoms with Crippen molar-refractivity contribution in [3.63, 3.8) is 0 Å². The summed E-state index contributed by atoms with van der Waals surface area (Å²) in [6.07, 6.45) is 0.151. The lowest BCUT2D eigenvalue weighted by Crippen LogP contribution is -2.31. The Labute approximate surface area is 162 Å². The van der Waals surface area contributed by atoms with Gasteiger partial charge in [-0.25, -0.2) is 4.98 Å². The van der Waals surface area contributed by atoms with Gasteiger partial charge in [-0.1, -0.05) is 27.7 Å². The zero-order valence-electron chi connectivity index (χ0n) is 17.2. The molecule has 2 rings (SSSR count). The second kappa shape index (κ2) is 9.26. The summed E-state index contributed by atoms with van der Waals surface area (Å²) in [4.78, 5) is 7.04. The molecule has 1 aromatic carbocycles. The van der Waals surface area contributed by atoms with Gasteiger partial charge >= 0.3 is 0 Å². The minimum atomic E-state index is 0.151. The van der Waals surface area contributed by atoms with Gasteiger partial charge in [-0.3, -0.25) is 0 Å². The summed E-state index contributed by atoms with van der Waals surface area (Å²) in [7, 11) is 0. The fourth-order valence-corrected chi connectivity index (χ4v) is 3.62. The average molecular weight is 376 g/mol. The Morgan fingerprint density at radius 2 is 1.73 bits per heavy atom. The molecule has 0 aliphatic rings. The van der Waals surface area contributed by atoms with Crippen molar-refractivity contribution in [2.75, 3.05) is 23.3 Å². The number of hydrogen-bond donors (Lipinski definition) is 1. The van der Waals surface area contributed by atoms with Crippen LogP contribution in [0.25, 0.3) is 0 Å². The zero-order chi connectivity index (χ0) is 19.3. The standard InChI is InChI=1S/C21H33N3OS/c1-14(2)11-24(12-15(3)4)20-9-8-18(25-16(5)6)10-19(20)23-21-22-17(7)13-26-21/h8-10,13-16H,11-12H2,1-7H3,(H,22,23). The Balaban J connectivity index is 2.40. The van der Waals surface area contributed by atoms with E-state index in [0.29, 0.717) is 11.8 Å². The number of ether oxygens (including phenoxy) is 1. The number of rotatable bonds is 9. The normalized spacial score (nSPS) is 11.5. The number of thiazole rings is 1. The first-order valence-corrected chi connectivity index (χ1v) is 10.4. The van der Waals surface area contributed by atoms with Gasteiger partial charge in [-0.2, -0.15) is 0 Å². The Bertz CT molecular complexity index is 684. The van der Waals surface area contributed by atoms with E-state index in [0.717, 1.165) is 35.4 Å². The van der Waals surface area contributed by atoms with Crippen molar-refractivity contribution in [3.05, 3.63) is 29.3 Å². The number of aryl methyl sites for hydroxylation is 1. The van der Waals surface area contributed by atoms with Crippen LogP contribution in [0.3, 0.4) is 0 Å². The molecule has 0 spiro atoms. The van der Waals surface area contributed by atoms with E-state index in [1.165, 1.54) is 5.69 Å². The van der Waals surface area contributed by atoms with Crippen LogP contribution in [0.4, 0.5) is 16.5 Å². The second-order valence-corrected chi connectivity index (χ2v) is 8.82. The van der Waals surface area contributed by atoms with Crippen LogP contribution in [0.2, 0.25) is 0 Å². The summed E-state index contributed by atoms with van der Waals surface area (Å²) in [5.74, 6) is 2.07. The molecule has 1 N–H and O–H groups in total. The van der Waals surface area contributed by atoms with Crippen LogP contribution in [0.15, 0.2) is 23.6 Å². The zero-order valence-corrected chi connectivity index (χ0v) is 18.0. The summed E-state index contributed by atoms with van der Waals surface area (Å²) in [5, 5.41) is 6.50. The Kier molecular flexibility index (Phi) is 7.33. The third kappa shape index (κ3) is 6.20. The van der Waals surface area contributed by atoms with E-state index in [1.54, 1.807) is 11.3 Å². The SMILES string of the molecule is Cc1csc(Nc2cc(OC(C)C)ccc2N(CC(C)C)CC(C)C)n1. The van der Waals surface area contributed by atoms with E-state index in [-0.39, 0.29) is 6.10 Å². The van der Waals surface area contributed by atoms with E-state index < -0.39 is 0 Å². The summed E-state index contributed by atoms with van der Waals surface area (Å²) in [6, 6.07) is 6.34. The van der Waals surface area contributed by atoms with Gasteiger partial charge in [0.1, 0.15) is 5.75 Å². The molecule has 4 nitrogen and oxygen atoms in total. The highest BCUT2D eigenvalue weighted by atomic mass is 32.1. The first-order chi connectivity index (χ1) is 12.2. The van der Waals surface area contributed by atoms with Crippen LogP contribution in [0.5, 0.6) is 5.75 Å². The highest BCUT2D eigenvalue weighted by Gasteiger charge is 2.16. The summed E-state index contributed by atoms with van der Waals surface area (Å²) >= 11 is 1.63. The maximum atomic E-state index is 5.92. The first kappa shape index (κ1) is 20.6. The van der Waals surface area contributed by atoms with Crippen molar-refractivity contribution in [2.45, 2.75) is 54.6 Å². The molecule has 0 fully saturated rings. The quantitative estimate of drug-likeness (QED) is 0.574. The fourth-order valence-electron chi connectivity index (χ4n) is 2.92. The molecule has 5 heteroatoms. The molecule has 0 saturated carbocycles. The van der Waals surface area contributed by atoms with E-state index >= 15 is 0 Å². The molecule has 0 radical (unpaired) electrons. The average Bonchev–Trinajstić information content (AvgIpc) is 2.90. The van der Waals surface area contributed by atoms with Crippen LogP contribution in [0.1, 0.15) is 47.2 Å². The van der Waals surface area contributed by atoms with Crippen molar-refractivity contribution in [2.24, 2.45) is 11.8 Å². The number of nitrogens with zero attached hydrogens (tertiary/aromatic N) is 2. The van der Waals surface area contributed by atoms with Crippen molar-refractivity contribution in [3.8, 4) is 5.75 Å². The maximum Gasteiger partial charge on any atom is 0.187 e. The Morgan fingerprint density at radius 1 is 1.08 bits per heavy atom. The van der Waals surface area contributed by atoms with Gasteiger partial charge in [0.2, 0.25) is 0 Å². The van der Waals surface area contributed by atoms with E-state index in [2.05, 4.69) is 80.3 Å². The molecule has 0 aliphatic carbocycles. The van der Waals surface area contributed by atoms with Gasteiger partial charge in [0.05, 0.1) is 23.2 Å². The fraction of sp³-hybridized carbons (Fsp3) is 0.571. The summed E-state index contributed by atoms with van der Waals surface area (Å²) < 4.78 is 5.92. The van der Waals surface area contributed by atoms with E-state index in [4.69, 9.17) is 4.74 Å². The molecular formula is C21H33N3OS. The molecule has 1 aromatic heterocycles. The lowest BCUT2D eigenvalue weighted by molar-refractivity contribution is 0.242. The minimum absolute atomic E-state index is 0.151. The van der Waals surface area contributed by atoms with Gasteiger partial charge in [-0.05, 0) is 44.7 Å². The number of benzene rings is 1. The number of anilines is 3. The highest BCUT2D eigenvalue weighted by molar-refractivity contribution is 7.13. The third-order valence-electron chi connectivity index (χ3n) is 3.71. The molecule has 0 bridgehead atoms. The maximum absolute atomic E-state index is 5.92. The molecule has 0 aliphatic heterocycles. The third-order valence-corrected chi connectivity index (χ3v) is 4.59. The van der Waals surface area contributed by atoms with Crippen LogP contribution in [-0.2, 0) is 0 Å². The largest absolute Gasteiger partial charge is 0.491 e. The smallest absolute Gasteiger partial charge is 0.187 e. The molecule has 0 atom stereocenters. The predicted octanol–water partition coefficient (Wildman–Crippen LogP) is 6.10. The van der Waals surface area contributed by atoms with Crippen LogP contribution < -0.4 is 15.0 Å². The van der Waals surface area contributed by atoms with Crippen molar-refractivity contribution < 1.29 is 4.74 Å². The lowest BCUT2D eigenvalue weighted by Gasteiger charge is -2.30. The molecule has 0 saturated heterocycles.